The molecular weight excluding hydrogens is 320 g/mol. The van der Waals surface area contributed by atoms with Crippen LogP contribution in [0.1, 0.15) is 6.92 Å². The highest BCUT2D eigenvalue weighted by Crippen LogP contribution is 2.25. The Kier molecular flexibility index (Phi) is 3.31. The second-order valence-corrected chi connectivity index (χ2v) is 5.15. The number of aromatic nitrogens is 3. The van der Waals surface area contributed by atoms with E-state index in [0.717, 1.165) is 27.1 Å². The summed E-state index contributed by atoms with van der Waals surface area (Å²) in [4.78, 5) is 8.72. The van der Waals surface area contributed by atoms with E-state index < -0.39 is 0 Å². The molecule has 2 N–H and O–H groups in total. The van der Waals surface area contributed by atoms with Crippen molar-refractivity contribution in [2.45, 2.75) is 6.92 Å². The van der Waals surface area contributed by atoms with Gasteiger partial charge in [0.1, 0.15) is 11.3 Å². The number of fused-ring (bicyclic) bond motifs is 1. The van der Waals surface area contributed by atoms with Crippen molar-refractivity contribution < 1.29 is 4.74 Å². The standard InChI is InChI=1S/C14H13BrN4O/c1-2-20-11-5-3-4-10(7-11)19-13-12(18-14(19)16)6-9(15)8-17-13/h3-8H,2H2,1H3,(H2,16,18). The van der Waals surface area contributed by atoms with Crippen molar-refractivity contribution in [1.82, 2.24) is 14.5 Å². The number of halogens is 1. The predicted molar refractivity (Wildman–Crippen MR) is 82.1 cm³/mol. The number of nitrogen functional groups attached to an aromatic ring is 1. The molecule has 0 aliphatic heterocycles. The Morgan fingerprint density at radius 1 is 1.35 bits per heavy atom. The second kappa shape index (κ2) is 5.13. The summed E-state index contributed by atoms with van der Waals surface area (Å²) in [5.74, 6) is 1.20. The highest BCUT2D eigenvalue weighted by Gasteiger charge is 2.12. The zero-order valence-electron chi connectivity index (χ0n) is 10.9. The Bertz CT molecular complexity index is 769. The third kappa shape index (κ3) is 2.22. The first kappa shape index (κ1) is 12.9. The summed E-state index contributed by atoms with van der Waals surface area (Å²) in [6.45, 7) is 2.57. The highest BCUT2D eigenvalue weighted by atomic mass is 79.9. The van der Waals surface area contributed by atoms with E-state index in [4.69, 9.17) is 10.5 Å². The van der Waals surface area contributed by atoms with Crippen molar-refractivity contribution in [1.29, 1.82) is 0 Å². The van der Waals surface area contributed by atoms with Crippen molar-refractivity contribution >= 4 is 33.0 Å². The molecule has 102 valence electrons. The second-order valence-electron chi connectivity index (χ2n) is 4.23. The maximum Gasteiger partial charge on any atom is 0.207 e. The Morgan fingerprint density at radius 3 is 3.00 bits per heavy atom. The summed E-state index contributed by atoms with van der Waals surface area (Å²) in [6.07, 6.45) is 1.73. The van der Waals surface area contributed by atoms with Crippen LogP contribution in [-0.4, -0.2) is 21.1 Å². The van der Waals surface area contributed by atoms with Crippen LogP contribution in [0.15, 0.2) is 41.0 Å². The number of rotatable bonds is 3. The number of nitrogens with zero attached hydrogens (tertiary/aromatic N) is 3. The molecule has 0 saturated carbocycles. The van der Waals surface area contributed by atoms with Crippen LogP contribution in [0.5, 0.6) is 5.75 Å². The zero-order chi connectivity index (χ0) is 14.1. The molecule has 2 heterocycles. The van der Waals surface area contributed by atoms with Gasteiger partial charge < -0.3 is 10.5 Å². The van der Waals surface area contributed by atoms with Gasteiger partial charge in [-0.25, -0.2) is 9.97 Å². The first-order valence-corrected chi connectivity index (χ1v) is 7.01. The molecule has 0 unspecified atom stereocenters. The SMILES string of the molecule is CCOc1cccc(-n2c(N)nc3cc(Br)cnc32)c1. The fourth-order valence-electron chi connectivity index (χ4n) is 2.09. The predicted octanol–water partition coefficient (Wildman–Crippen LogP) is 3.16. The van der Waals surface area contributed by atoms with Gasteiger partial charge in [-0.05, 0) is 41.1 Å². The van der Waals surface area contributed by atoms with Crippen LogP contribution in [-0.2, 0) is 0 Å². The normalized spacial score (nSPS) is 10.9. The first-order chi connectivity index (χ1) is 9.69. The lowest BCUT2D eigenvalue weighted by Gasteiger charge is -2.08. The average Bonchev–Trinajstić information content (AvgIpc) is 2.74. The molecule has 0 aliphatic rings. The summed E-state index contributed by atoms with van der Waals surface area (Å²) in [5, 5.41) is 0. The van der Waals surface area contributed by atoms with Crippen LogP contribution in [0.25, 0.3) is 16.9 Å². The van der Waals surface area contributed by atoms with Gasteiger partial charge >= 0.3 is 0 Å². The molecule has 2 aromatic heterocycles. The monoisotopic (exact) mass is 332 g/mol. The summed E-state index contributed by atoms with van der Waals surface area (Å²) < 4.78 is 8.20. The average molecular weight is 333 g/mol. The Balaban J connectivity index is 2.18. The van der Waals surface area contributed by atoms with Crippen LogP contribution in [0.4, 0.5) is 5.95 Å². The van der Waals surface area contributed by atoms with Crippen molar-refractivity contribution in [3.63, 3.8) is 0 Å². The maximum absolute atomic E-state index is 6.02. The summed E-state index contributed by atoms with van der Waals surface area (Å²) >= 11 is 3.38. The van der Waals surface area contributed by atoms with Crippen molar-refractivity contribution in [2.75, 3.05) is 12.3 Å². The van der Waals surface area contributed by atoms with Gasteiger partial charge in [0.2, 0.25) is 5.95 Å². The molecular formula is C14H13BrN4O. The van der Waals surface area contributed by atoms with E-state index in [1.807, 2.05) is 41.8 Å². The Labute approximate surface area is 124 Å². The smallest absolute Gasteiger partial charge is 0.207 e. The number of anilines is 1. The summed E-state index contributed by atoms with van der Waals surface area (Å²) in [6, 6.07) is 9.59. The lowest BCUT2D eigenvalue weighted by Crippen LogP contribution is -2.02. The van der Waals surface area contributed by atoms with Crippen molar-refractivity contribution in [3.05, 3.63) is 41.0 Å². The van der Waals surface area contributed by atoms with E-state index in [1.165, 1.54) is 0 Å². The minimum absolute atomic E-state index is 0.402. The molecule has 0 aliphatic carbocycles. The maximum atomic E-state index is 6.02. The third-order valence-electron chi connectivity index (χ3n) is 2.88. The molecule has 3 aromatic rings. The number of imidazole rings is 1. The lowest BCUT2D eigenvalue weighted by molar-refractivity contribution is 0.340. The van der Waals surface area contributed by atoms with Gasteiger partial charge in [0.25, 0.3) is 0 Å². The van der Waals surface area contributed by atoms with E-state index >= 15 is 0 Å². The van der Waals surface area contributed by atoms with Crippen LogP contribution >= 0.6 is 15.9 Å². The van der Waals surface area contributed by atoms with Crippen LogP contribution in [0, 0.1) is 0 Å². The summed E-state index contributed by atoms with van der Waals surface area (Å²) in [7, 11) is 0. The number of ether oxygens (including phenoxy) is 1. The van der Waals surface area contributed by atoms with E-state index in [0.29, 0.717) is 12.6 Å². The number of pyridine rings is 1. The molecule has 0 atom stereocenters. The number of benzene rings is 1. The Hall–Kier alpha value is -2.08. The molecule has 0 amide bonds. The molecule has 6 heteroatoms. The van der Waals surface area contributed by atoms with E-state index in [2.05, 4.69) is 25.9 Å². The van der Waals surface area contributed by atoms with Crippen LogP contribution in [0.3, 0.4) is 0 Å². The van der Waals surface area contributed by atoms with Gasteiger partial charge in [0.15, 0.2) is 5.65 Å². The molecule has 0 spiro atoms. The largest absolute Gasteiger partial charge is 0.494 e. The van der Waals surface area contributed by atoms with Crippen LogP contribution in [0.2, 0.25) is 0 Å². The molecule has 0 radical (unpaired) electrons. The summed E-state index contributed by atoms with van der Waals surface area (Å²) in [5.41, 5.74) is 8.37. The molecule has 3 rings (SSSR count). The highest BCUT2D eigenvalue weighted by molar-refractivity contribution is 9.10. The number of nitrogens with two attached hydrogens (primary N) is 1. The minimum atomic E-state index is 0.402. The van der Waals surface area contributed by atoms with Gasteiger partial charge in [0, 0.05) is 16.7 Å². The van der Waals surface area contributed by atoms with Gasteiger partial charge in [-0.2, -0.15) is 0 Å². The molecule has 0 fully saturated rings. The van der Waals surface area contributed by atoms with Crippen molar-refractivity contribution in [3.8, 4) is 11.4 Å². The van der Waals surface area contributed by atoms with E-state index in [1.54, 1.807) is 6.20 Å². The number of hydrogen-bond donors (Lipinski definition) is 1. The first-order valence-electron chi connectivity index (χ1n) is 6.21. The number of hydrogen-bond acceptors (Lipinski definition) is 4. The van der Waals surface area contributed by atoms with Gasteiger partial charge in [-0.1, -0.05) is 6.07 Å². The van der Waals surface area contributed by atoms with Gasteiger partial charge in [-0.15, -0.1) is 0 Å². The van der Waals surface area contributed by atoms with Crippen molar-refractivity contribution in [2.24, 2.45) is 0 Å². The molecule has 0 bridgehead atoms. The fourth-order valence-corrected chi connectivity index (χ4v) is 2.41. The van der Waals surface area contributed by atoms with E-state index in [-0.39, 0.29) is 0 Å². The third-order valence-corrected chi connectivity index (χ3v) is 3.31. The molecule has 5 nitrogen and oxygen atoms in total. The van der Waals surface area contributed by atoms with Gasteiger partial charge in [0.05, 0.1) is 12.3 Å². The fraction of sp³-hybridized carbons (Fsp3) is 0.143. The minimum Gasteiger partial charge on any atom is -0.494 e. The quantitative estimate of drug-likeness (QED) is 0.800. The topological polar surface area (TPSA) is 66.0 Å². The Morgan fingerprint density at radius 2 is 2.20 bits per heavy atom. The lowest BCUT2D eigenvalue weighted by atomic mass is 10.3. The van der Waals surface area contributed by atoms with E-state index in [9.17, 15) is 0 Å². The zero-order valence-corrected chi connectivity index (χ0v) is 12.5. The van der Waals surface area contributed by atoms with Crippen LogP contribution < -0.4 is 10.5 Å². The molecule has 20 heavy (non-hydrogen) atoms. The van der Waals surface area contributed by atoms with Gasteiger partial charge in [-0.3, -0.25) is 4.57 Å². The molecule has 1 aromatic carbocycles. The molecule has 0 saturated heterocycles.